The van der Waals surface area contributed by atoms with Crippen LogP contribution in [0.2, 0.25) is 5.02 Å². The maximum atomic E-state index is 12.0. The number of hydrogen-bond donors (Lipinski definition) is 1. The SMILES string of the molecule is Nc1nccc(C(F)F)c1Cl. The van der Waals surface area contributed by atoms with Gasteiger partial charge in [-0.2, -0.15) is 0 Å². The van der Waals surface area contributed by atoms with Gasteiger partial charge in [-0.3, -0.25) is 0 Å². The van der Waals surface area contributed by atoms with Crippen LogP contribution in [-0.2, 0) is 0 Å². The summed E-state index contributed by atoms with van der Waals surface area (Å²) in [7, 11) is 0. The topological polar surface area (TPSA) is 38.9 Å². The molecule has 0 atom stereocenters. The Balaban J connectivity index is 3.17. The molecule has 0 bridgehead atoms. The highest BCUT2D eigenvalue weighted by Gasteiger charge is 2.13. The lowest BCUT2D eigenvalue weighted by atomic mass is 10.3. The van der Waals surface area contributed by atoms with Gasteiger partial charge in [-0.05, 0) is 6.07 Å². The molecule has 0 aromatic carbocycles. The van der Waals surface area contributed by atoms with Crippen molar-refractivity contribution in [3.63, 3.8) is 0 Å². The molecule has 1 aromatic heterocycles. The van der Waals surface area contributed by atoms with Gasteiger partial charge < -0.3 is 5.73 Å². The summed E-state index contributed by atoms with van der Waals surface area (Å²) in [4.78, 5) is 3.53. The van der Waals surface area contributed by atoms with Gasteiger partial charge in [-0.25, -0.2) is 13.8 Å². The lowest BCUT2D eigenvalue weighted by Gasteiger charge is -2.02. The van der Waals surface area contributed by atoms with Crippen LogP contribution in [0.25, 0.3) is 0 Å². The molecule has 0 unspecified atom stereocenters. The Hall–Kier alpha value is -0.900. The van der Waals surface area contributed by atoms with Crippen molar-refractivity contribution in [3.8, 4) is 0 Å². The molecule has 0 amide bonds. The summed E-state index contributed by atoms with van der Waals surface area (Å²) in [6.45, 7) is 0. The summed E-state index contributed by atoms with van der Waals surface area (Å²) in [5.74, 6) is -0.0653. The van der Waals surface area contributed by atoms with Gasteiger partial charge in [-0.1, -0.05) is 11.6 Å². The Morgan fingerprint density at radius 2 is 2.18 bits per heavy atom. The predicted molar refractivity (Wildman–Crippen MR) is 38.6 cm³/mol. The molecule has 1 rings (SSSR count). The number of nitrogen functional groups attached to an aromatic ring is 1. The molecule has 0 aliphatic carbocycles. The van der Waals surface area contributed by atoms with Crippen LogP contribution in [0.5, 0.6) is 0 Å². The lowest BCUT2D eigenvalue weighted by molar-refractivity contribution is 0.151. The van der Waals surface area contributed by atoms with Gasteiger partial charge in [0.1, 0.15) is 5.82 Å². The van der Waals surface area contributed by atoms with Crippen LogP contribution in [-0.4, -0.2) is 4.98 Å². The number of halogens is 3. The molecule has 11 heavy (non-hydrogen) atoms. The Labute approximate surface area is 67.0 Å². The molecule has 1 aromatic rings. The molecule has 0 aliphatic heterocycles. The van der Waals surface area contributed by atoms with Gasteiger partial charge in [-0.15, -0.1) is 0 Å². The second kappa shape index (κ2) is 3.00. The highest BCUT2D eigenvalue weighted by atomic mass is 35.5. The van der Waals surface area contributed by atoms with E-state index in [4.69, 9.17) is 17.3 Å². The van der Waals surface area contributed by atoms with E-state index in [0.717, 1.165) is 6.07 Å². The molecular formula is C6H5ClF2N2. The van der Waals surface area contributed by atoms with E-state index in [1.807, 2.05) is 0 Å². The van der Waals surface area contributed by atoms with E-state index >= 15 is 0 Å². The highest BCUT2D eigenvalue weighted by Crippen LogP contribution is 2.29. The van der Waals surface area contributed by atoms with Crippen LogP contribution < -0.4 is 5.73 Å². The summed E-state index contributed by atoms with van der Waals surface area (Å²) in [6, 6.07) is 1.14. The van der Waals surface area contributed by atoms with Crippen LogP contribution >= 0.6 is 11.6 Å². The maximum Gasteiger partial charge on any atom is 0.265 e. The summed E-state index contributed by atoms with van der Waals surface area (Å²) >= 11 is 5.42. The third kappa shape index (κ3) is 1.57. The summed E-state index contributed by atoms with van der Waals surface area (Å²) in [6.07, 6.45) is -1.41. The van der Waals surface area contributed by atoms with E-state index in [1.54, 1.807) is 0 Å². The summed E-state index contributed by atoms with van der Waals surface area (Å²) in [5.41, 5.74) is 4.90. The third-order valence-corrected chi connectivity index (χ3v) is 1.59. The van der Waals surface area contributed by atoms with Gasteiger partial charge in [0.2, 0.25) is 0 Å². The molecule has 0 spiro atoms. The minimum atomic E-state index is -2.60. The van der Waals surface area contributed by atoms with Gasteiger partial charge in [0, 0.05) is 11.8 Å². The fourth-order valence-corrected chi connectivity index (χ4v) is 0.838. The van der Waals surface area contributed by atoms with Crippen molar-refractivity contribution in [2.24, 2.45) is 0 Å². The lowest BCUT2D eigenvalue weighted by Crippen LogP contribution is -1.95. The maximum absolute atomic E-state index is 12.0. The van der Waals surface area contributed by atoms with Crippen LogP contribution in [0.15, 0.2) is 12.3 Å². The zero-order valence-corrected chi connectivity index (χ0v) is 6.15. The van der Waals surface area contributed by atoms with Crippen LogP contribution in [0.4, 0.5) is 14.6 Å². The predicted octanol–water partition coefficient (Wildman–Crippen LogP) is 2.25. The van der Waals surface area contributed by atoms with E-state index in [9.17, 15) is 8.78 Å². The van der Waals surface area contributed by atoms with Gasteiger partial charge in [0.25, 0.3) is 6.43 Å². The minimum Gasteiger partial charge on any atom is -0.382 e. The number of nitrogens with two attached hydrogens (primary N) is 1. The fourth-order valence-electron chi connectivity index (χ4n) is 0.644. The minimum absolute atomic E-state index is 0.0653. The van der Waals surface area contributed by atoms with E-state index in [1.165, 1.54) is 6.20 Å². The van der Waals surface area contributed by atoms with Crippen LogP contribution in [0.3, 0.4) is 0 Å². The number of nitrogens with zero attached hydrogens (tertiary/aromatic N) is 1. The smallest absolute Gasteiger partial charge is 0.265 e. The van der Waals surface area contributed by atoms with E-state index in [2.05, 4.69) is 4.98 Å². The first-order chi connectivity index (χ1) is 5.13. The van der Waals surface area contributed by atoms with Crippen molar-refractivity contribution < 1.29 is 8.78 Å². The number of rotatable bonds is 1. The van der Waals surface area contributed by atoms with Crippen LogP contribution in [0.1, 0.15) is 12.0 Å². The first-order valence-corrected chi connectivity index (χ1v) is 3.18. The number of anilines is 1. The zero-order valence-electron chi connectivity index (χ0n) is 5.39. The monoisotopic (exact) mass is 178 g/mol. The molecule has 0 saturated carbocycles. The molecule has 0 radical (unpaired) electrons. The Morgan fingerprint density at radius 3 is 2.64 bits per heavy atom. The zero-order chi connectivity index (χ0) is 8.43. The molecule has 2 nitrogen and oxygen atoms in total. The number of pyridine rings is 1. The van der Waals surface area contributed by atoms with E-state index in [-0.39, 0.29) is 16.4 Å². The van der Waals surface area contributed by atoms with Crippen molar-refractivity contribution in [2.75, 3.05) is 5.73 Å². The third-order valence-electron chi connectivity index (χ3n) is 1.18. The van der Waals surface area contributed by atoms with Crippen molar-refractivity contribution in [3.05, 3.63) is 22.8 Å². The molecule has 60 valence electrons. The van der Waals surface area contributed by atoms with Crippen molar-refractivity contribution in [1.29, 1.82) is 0 Å². The molecule has 0 aliphatic rings. The number of alkyl halides is 2. The van der Waals surface area contributed by atoms with Crippen molar-refractivity contribution in [1.82, 2.24) is 4.98 Å². The van der Waals surface area contributed by atoms with Gasteiger partial charge in [0.05, 0.1) is 5.02 Å². The average molecular weight is 179 g/mol. The average Bonchev–Trinajstić information content (AvgIpc) is 1.94. The quantitative estimate of drug-likeness (QED) is 0.717. The largest absolute Gasteiger partial charge is 0.382 e. The Morgan fingerprint density at radius 1 is 1.55 bits per heavy atom. The normalized spacial score (nSPS) is 10.5. The Bertz CT molecular complexity index is 265. The molecule has 1 heterocycles. The van der Waals surface area contributed by atoms with E-state index < -0.39 is 6.43 Å². The molecular weight excluding hydrogens is 174 g/mol. The highest BCUT2D eigenvalue weighted by molar-refractivity contribution is 6.33. The number of hydrogen-bond acceptors (Lipinski definition) is 2. The molecule has 2 N–H and O–H groups in total. The van der Waals surface area contributed by atoms with Gasteiger partial charge >= 0.3 is 0 Å². The van der Waals surface area contributed by atoms with Gasteiger partial charge in [0.15, 0.2) is 0 Å². The first kappa shape index (κ1) is 8.20. The van der Waals surface area contributed by atoms with E-state index in [0.29, 0.717) is 0 Å². The molecule has 0 fully saturated rings. The standard InChI is InChI=1S/C6H5ClF2N2/c7-4-3(5(8)9)1-2-11-6(4)10/h1-2,5H,(H2,10,11). The Kier molecular flexibility index (Phi) is 2.24. The first-order valence-electron chi connectivity index (χ1n) is 2.81. The van der Waals surface area contributed by atoms with Crippen LogP contribution in [0, 0.1) is 0 Å². The summed E-state index contributed by atoms with van der Waals surface area (Å²) < 4.78 is 24.1. The number of aromatic nitrogens is 1. The fraction of sp³-hybridized carbons (Fsp3) is 0.167. The molecule has 5 heteroatoms. The second-order valence-electron chi connectivity index (χ2n) is 1.90. The molecule has 0 saturated heterocycles. The van der Waals surface area contributed by atoms with Crippen molar-refractivity contribution in [2.45, 2.75) is 6.43 Å². The second-order valence-corrected chi connectivity index (χ2v) is 2.28. The summed E-state index contributed by atoms with van der Waals surface area (Å²) in [5, 5.41) is -0.164. The van der Waals surface area contributed by atoms with Crippen molar-refractivity contribution >= 4 is 17.4 Å².